The molecule has 2 N–H and O–H groups in total. The predicted molar refractivity (Wildman–Crippen MR) is 97.8 cm³/mol. The lowest BCUT2D eigenvalue weighted by Gasteiger charge is -2.23. The van der Waals surface area contributed by atoms with Crippen LogP contribution in [0.15, 0.2) is 39.9 Å². The van der Waals surface area contributed by atoms with Gasteiger partial charge < -0.3 is 10.3 Å². The molecule has 2 aromatic rings. The van der Waals surface area contributed by atoms with Gasteiger partial charge in [-0.1, -0.05) is 49.6 Å². The number of nitrogens with zero attached hydrogens (tertiary/aromatic N) is 1. The fourth-order valence-corrected chi connectivity index (χ4v) is 4.29. The van der Waals surface area contributed by atoms with Crippen molar-refractivity contribution in [3.05, 3.63) is 68.0 Å². The molecule has 1 heterocycles. The molecule has 132 valence electrons. The van der Waals surface area contributed by atoms with Gasteiger partial charge in [0.05, 0.1) is 0 Å². The molecule has 1 aromatic carbocycles. The number of fused-ring (bicyclic) bond motifs is 1. The number of benzene rings is 1. The summed E-state index contributed by atoms with van der Waals surface area (Å²) in [7, 11) is 0. The average molecular weight is 339 g/mol. The minimum Gasteiger partial charge on any atom is -0.309 e. The van der Waals surface area contributed by atoms with Crippen molar-refractivity contribution >= 4 is 0 Å². The Labute approximate surface area is 147 Å². The predicted octanol–water partition coefficient (Wildman–Crippen LogP) is 2.82. The summed E-state index contributed by atoms with van der Waals surface area (Å²) < 4.78 is 1.50. The van der Waals surface area contributed by atoms with Crippen molar-refractivity contribution in [2.45, 2.75) is 63.6 Å². The van der Waals surface area contributed by atoms with Gasteiger partial charge in [0.25, 0.3) is 5.56 Å². The van der Waals surface area contributed by atoms with Crippen LogP contribution in [0.3, 0.4) is 0 Å². The van der Waals surface area contributed by atoms with E-state index in [0.717, 1.165) is 56.3 Å². The molecule has 1 saturated carbocycles. The normalized spacial score (nSPS) is 20.6. The van der Waals surface area contributed by atoms with Crippen molar-refractivity contribution in [3.63, 3.8) is 0 Å². The van der Waals surface area contributed by atoms with Crippen molar-refractivity contribution in [1.29, 1.82) is 0 Å². The van der Waals surface area contributed by atoms with E-state index in [0.29, 0.717) is 0 Å². The first-order valence-electron chi connectivity index (χ1n) is 9.39. The van der Waals surface area contributed by atoms with Crippen molar-refractivity contribution in [3.8, 4) is 0 Å². The zero-order valence-electron chi connectivity index (χ0n) is 14.5. The van der Waals surface area contributed by atoms with Crippen LogP contribution in [0.2, 0.25) is 0 Å². The zero-order chi connectivity index (χ0) is 17.2. The first-order chi connectivity index (χ1) is 12.2. The van der Waals surface area contributed by atoms with Gasteiger partial charge in [0.1, 0.15) is 0 Å². The number of rotatable bonds is 4. The Balaban J connectivity index is 1.58. The average Bonchev–Trinajstić information content (AvgIpc) is 3.05. The van der Waals surface area contributed by atoms with Gasteiger partial charge in [0.2, 0.25) is 0 Å². The third-order valence-corrected chi connectivity index (χ3v) is 5.63. The third-order valence-electron chi connectivity index (χ3n) is 5.63. The Morgan fingerprint density at radius 3 is 2.56 bits per heavy atom. The minimum atomic E-state index is -0.232. The van der Waals surface area contributed by atoms with E-state index in [1.54, 1.807) is 0 Å². The molecule has 1 aromatic heterocycles. The molecule has 2 aliphatic carbocycles. The molecule has 0 bridgehead atoms. The first-order valence-corrected chi connectivity index (χ1v) is 9.39. The van der Waals surface area contributed by atoms with E-state index in [1.165, 1.54) is 16.6 Å². The van der Waals surface area contributed by atoms with E-state index in [-0.39, 0.29) is 23.3 Å². The van der Waals surface area contributed by atoms with Crippen molar-refractivity contribution in [2.75, 3.05) is 0 Å². The second-order valence-electron chi connectivity index (χ2n) is 7.25. The molecule has 0 aliphatic heterocycles. The maximum absolute atomic E-state index is 12.9. The monoisotopic (exact) mass is 339 g/mol. The summed E-state index contributed by atoms with van der Waals surface area (Å²) in [4.78, 5) is 28.5. The lowest BCUT2D eigenvalue weighted by Crippen LogP contribution is -2.41. The largest absolute Gasteiger partial charge is 0.328 e. The highest BCUT2D eigenvalue weighted by molar-refractivity contribution is 5.27. The van der Waals surface area contributed by atoms with Crippen LogP contribution < -0.4 is 16.6 Å². The van der Waals surface area contributed by atoms with Gasteiger partial charge in [-0.2, -0.15) is 0 Å². The molecule has 5 heteroatoms. The molecular weight excluding hydrogens is 314 g/mol. The third kappa shape index (κ3) is 3.21. The quantitative estimate of drug-likeness (QED) is 0.900. The van der Waals surface area contributed by atoms with Gasteiger partial charge >= 0.3 is 5.69 Å². The summed E-state index contributed by atoms with van der Waals surface area (Å²) in [6.07, 6.45) is 6.91. The summed E-state index contributed by atoms with van der Waals surface area (Å²) in [5.74, 6) is 0. The zero-order valence-corrected chi connectivity index (χ0v) is 14.5. The van der Waals surface area contributed by atoms with Crippen molar-refractivity contribution < 1.29 is 0 Å². The fourth-order valence-electron chi connectivity index (χ4n) is 4.29. The highest BCUT2D eigenvalue weighted by Crippen LogP contribution is 2.29. The summed E-state index contributed by atoms with van der Waals surface area (Å²) in [6, 6.07) is 10.3. The lowest BCUT2D eigenvalue weighted by atomic mass is 9.95. The molecule has 1 atom stereocenters. The molecule has 0 radical (unpaired) electrons. The molecule has 2 aliphatic rings. The van der Waals surface area contributed by atoms with E-state index in [9.17, 15) is 9.59 Å². The molecule has 0 spiro atoms. The van der Waals surface area contributed by atoms with E-state index in [2.05, 4.69) is 22.4 Å². The maximum Gasteiger partial charge on any atom is 0.328 e. The van der Waals surface area contributed by atoms with Gasteiger partial charge in [-0.15, -0.1) is 0 Å². The number of aromatic amines is 1. The number of hydrogen-bond acceptors (Lipinski definition) is 3. The molecule has 1 fully saturated rings. The highest BCUT2D eigenvalue weighted by atomic mass is 16.2. The fraction of sp³-hybridized carbons (Fsp3) is 0.500. The first kappa shape index (κ1) is 16.3. The Hall–Kier alpha value is -2.14. The van der Waals surface area contributed by atoms with Crippen LogP contribution in [0, 0.1) is 0 Å². The number of aromatic nitrogens is 2. The minimum absolute atomic E-state index is 0.0524. The highest BCUT2D eigenvalue weighted by Gasteiger charge is 2.29. The van der Waals surface area contributed by atoms with Crippen molar-refractivity contribution in [1.82, 2.24) is 14.9 Å². The maximum atomic E-state index is 12.9. The number of hydrogen-bond donors (Lipinski definition) is 2. The van der Waals surface area contributed by atoms with Crippen LogP contribution in [0.25, 0.3) is 0 Å². The second kappa shape index (κ2) is 7.00. The topological polar surface area (TPSA) is 66.9 Å². The molecule has 0 unspecified atom stereocenters. The molecule has 25 heavy (non-hydrogen) atoms. The molecule has 5 nitrogen and oxygen atoms in total. The van der Waals surface area contributed by atoms with Gasteiger partial charge in [-0.25, -0.2) is 4.79 Å². The van der Waals surface area contributed by atoms with E-state index in [4.69, 9.17) is 0 Å². The van der Waals surface area contributed by atoms with E-state index in [1.807, 2.05) is 18.2 Å². The van der Waals surface area contributed by atoms with Gasteiger partial charge in [-0.05, 0) is 31.2 Å². The summed E-state index contributed by atoms with van der Waals surface area (Å²) in [6.45, 7) is 0.735. The van der Waals surface area contributed by atoms with Crippen LogP contribution in [-0.4, -0.2) is 9.55 Å². The smallest absolute Gasteiger partial charge is 0.309 e. The van der Waals surface area contributed by atoms with Crippen LogP contribution >= 0.6 is 0 Å². The van der Waals surface area contributed by atoms with Crippen molar-refractivity contribution in [2.24, 2.45) is 0 Å². The summed E-state index contributed by atoms with van der Waals surface area (Å²) in [5.41, 5.74) is 2.52. The Morgan fingerprint density at radius 1 is 1.04 bits per heavy atom. The van der Waals surface area contributed by atoms with Gasteiger partial charge in [-0.3, -0.25) is 9.36 Å². The number of H-pyrrole nitrogens is 1. The number of nitrogens with one attached hydrogen (secondary N) is 2. The Bertz CT molecular complexity index is 847. The second-order valence-corrected chi connectivity index (χ2v) is 7.25. The Morgan fingerprint density at radius 2 is 1.80 bits per heavy atom. The van der Waals surface area contributed by atoms with Gasteiger partial charge in [0, 0.05) is 29.9 Å². The van der Waals surface area contributed by atoms with Crippen LogP contribution in [-0.2, 0) is 13.0 Å². The van der Waals surface area contributed by atoms with E-state index >= 15 is 0 Å². The standard InChI is InChI=1S/C20H25N3O2/c24-19-16-11-12-17(21-13-14-7-3-1-4-8-14)18(16)22-20(25)23(19)15-9-5-2-6-10-15/h1,3-4,7-8,15,17,21H,2,5-6,9-13H2,(H,22,25)/t17-/m0/s1. The molecule has 0 amide bonds. The van der Waals surface area contributed by atoms with Crippen LogP contribution in [0.1, 0.15) is 67.4 Å². The SMILES string of the molecule is O=c1[nH]c2c(c(=O)n1C1CCCCC1)CC[C@@H]2NCc1ccccc1. The van der Waals surface area contributed by atoms with Crippen LogP contribution in [0.5, 0.6) is 0 Å². The summed E-state index contributed by atoms with van der Waals surface area (Å²) >= 11 is 0. The van der Waals surface area contributed by atoms with Gasteiger partial charge in [0.15, 0.2) is 0 Å². The van der Waals surface area contributed by atoms with Crippen LogP contribution in [0.4, 0.5) is 0 Å². The van der Waals surface area contributed by atoms with E-state index < -0.39 is 0 Å². The summed E-state index contributed by atoms with van der Waals surface area (Å²) in [5, 5.41) is 3.49. The lowest BCUT2D eigenvalue weighted by molar-refractivity contribution is 0.334. The molecule has 0 saturated heterocycles. The molecule has 4 rings (SSSR count). The molecular formula is C20H25N3O2. The Kier molecular flexibility index (Phi) is 4.57.